The average molecular weight is 332 g/mol. The van der Waals surface area contributed by atoms with Crippen LogP contribution in [0.4, 0.5) is 0 Å². The molecule has 3 heterocycles. The lowest BCUT2D eigenvalue weighted by Crippen LogP contribution is -2.20. The minimum absolute atomic E-state index is 0.0952. The highest BCUT2D eigenvalue weighted by molar-refractivity contribution is 9.10. The minimum atomic E-state index is 0.0952. The first-order chi connectivity index (χ1) is 9.74. The van der Waals surface area contributed by atoms with Crippen LogP contribution in [0.3, 0.4) is 0 Å². The van der Waals surface area contributed by atoms with Crippen molar-refractivity contribution in [2.75, 3.05) is 0 Å². The molecule has 20 heavy (non-hydrogen) atoms. The standard InChI is InChI=1S/C14H14BrN5/c1-10(16-9-12-6-5-11(15)8-17-12)14-19-18-13-4-2-3-7-20(13)14/h2-8,10,16H,9H2,1H3. The Labute approximate surface area is 125 Å². The molecular weight excluding hydrogens is 318 g/mol. The van der Waals surface area contributed by atoms with Gasteiger partial charge in [-0.2, -0.15) is 0 Å². The summed E-state index contributed by atoms with van der Waals surface area (Å²) in [5, 5.41) is 11.8. The Kier molecular flexibility index (Phi) is 3.75. The van der Waals surface area contributed by atoms with E-state index in [0.717, 1.165) is 21.6 Å². The van der Waals surface area contributed by atoms with E-state index in [1.165, 1.54) is 0 Å². The molecule has 0 radical (unpaired) electrons. The highest BCUT2D eigenvalue weighted by atomic mass is 79.9. The minimum Gasteiger partial charge on any atom is -0.302 e. The predicted octanol–water partition coefficient (Wildman–Crippen LogP) is 2.74. The summed E-state index contributed by atoms with van der Waals surface area (Å²) < 4.78 is 2.98. The lowest BCUT2D eigenvalue weighted by Gasteiger charge is -2.11. The number of halogens is 1. The third-order valence-electron chi connectivity index (χ3n) is 3.11. The number of rotatable bonds is 4. The number of hydrogen-bond donors (Lipinski definition) is 1. The largest absolute Gasteiger partial charge is 0.302 e. The Morgan fingerprint density at radius 2 is 2.15 bits per heavy atom. The second kappa shape index (κ2) is 5.68. The predicted molar refractivity (Wildman–Crippen MR) is 80.2 cm³/mol. The molecule has 3 aromatic heterocycles. The van der Waals surface area contributed by atoms with Crippen LogP contribution >= 0.6 is 15.9 Å². The molecule has 1 unspecified atom stereocenters. The zero-order valence-electron chi connectivity index (χ0n) is 11.0. The number of nitrogens with zero attached hydrogens (tertiary/aromatic N) is 4. The van der Waals surface area contributed by atoms with E-state index in [9.17, 15) is 0 Å². The number of aromatic nitrogens is 4. The van der Waals surface area contributed by atoms with Crippen molar-refractivity contribution in [2.45, 2.75) is 19.5 Å². The molecule has 0 aliphatic heterocycles. The van der Waals surface area contributed by atoms with E-state index in [4.69, 9.17) is 0 Å². The molecule has 102 valence electrons. The molecule has 3 aromatic rings. The molecule has 6 heteroatoms. The van der Waals surface area contributed by atoms with E-state index in [2.05, 4.69) is 43.4 Å². The molecule has 1 N–H and O–H groups in total. The Morgan fingerprint density at radius 1 is 1.25 bits per heavy atom. The molecule has 0 aromatic carbocycles. The van der Waals surface area contributed by atoms with Crippen LogP contribution in [0.5, 0.6) is 0 Å². The van der Waals surface area contributed by atoms with Gasteiger partial charge >= 0.3 is 0 Å². The van der Waals surface area contributed by atoms with Crippen LogP contribution in [0.1, 0.15) is 24.5 Å². The summed E-state index contributed by atoms with van der Waals surface area (Å²) in [6, 6.07) is 9.95. The van der Waals surface area contributed by atoms with Gasteiger partial charge in [0.15, 0.2) is 11.5 Å². The smallest absolute Gasteiger partial charge is 0.160 e. The number of hydrogen-bond acceptors (Lipinski definition) is 4. The normalized spacial score (nSPS) is 12.7. The first kappa shape index (κ1) is 13.2. The molecule has 1 atom stereocenters. The molecule has 3 rings (SSSR count). The summed E-state index contributed by atoms with van der Waals surface area (Å²) >= 11 is 3.38. The van der Waals surface area contributed by atoms with Crippen molar-refractivity contribution >= 4 is 21.6 Å². The average Bonchev–Trinajstić information content (AvgIpc) is 2.90. The van der Waals surface area contributed by atoms with E-state index in [-0.39, 0.29) is 6.04 Å². The van der Waals surface area contributed by atoms with Crippen molar-refractivity contribution in [2.24, 2.45) is 0 Å². The fraction of sp³-hybridized carbons (Fsp3) is 0.214. The van der Waals surface area contributed by atoms with Crippen LogP contribution in [0.15, 0.2) is 47.2 Å². The summed E-state index contributed by atoms with van der Waals surface area (Å²) in [7, 11) is 0. The number of nitrogens with one attached hydrogen (secondary N) is 1. The molecule has 0 amide bonds. The van der Waals surface area contributed by atoms with Gasteiger partial charge in [-0.3, -0.25) is 9.38 Å². The van der Waals surface area contributed by atoms with Gasteiger partial charge in [-0.05, 0) is 47.1 Å². The van der Waals surface area contributed by atoms with Gasteiger partial charge < -0.3 is 5.32 Å². The first-order valence-corrected chi connectivity index (χ1v) is 7.17. The highest BCUT2D eigenvalue weighted by Crippen LogP contribution is 2.13. The topological polar surface area (TPSA) is 55.1 Å². The van der Waals surface area contributed by atoms with Gasteiger partial charge in [-0.25, -0.2) is 0 Å². The number of pyridine rings is 2. The maximum Gasteiger partial charge on any atom is 0.160 e. The molecule has 5 nitrogen and oxygen atoms in total. The summed E-state index contributed by atoms with van der Waals surface area (Å²) in [6.07, 6.45) is 3.77. The van der Waals surface area contributed by atoms with Gasteiger partial charge in [0, 0.05) is 23.4 Å². The summed E-state index contributed by atoms with van der Waals surface area (Å²) in [4.78, 5) is 4.34. The van der Waals surface area contributed by atoms with E-state index >= 15 is 0 Å². The van der Waals surface area contributed by atoms with Gasteiger partial charge in [0.25, 0.3) is 0 Å². The monoisotopic (exact) mass is 331 g/mol. The van der Waals surface area contributed by atoms with Crippen molar-refractivity contribution in [3.05, 3.63) is 58.7 Å². The molecule has 0 saturated carbocycles. The van der Waals surface area contributed by atoms with Gasteiger partial charge in [-0.1, -0.05) is 6.07 Å². The molecule has 0 bridgehead atoms. The van der Waals surface area contributed by atoms with Crippen LogP contribution in [0, 0.1) is 0 Å². The highest BCUT2D eigenvalue weighted by Gasteiger charge is 2.12. The summed E-state index contributed by atoms with van der Waals surface area (Å²) in [5.74, 6) is 0.901. The molecule has 0 spiro atoms. The van der Waals surface area contributed by atoms with Gasteiger partial charge in [-0.15, -0.1) is 10.2 Å². The van der Waals surface area contributed by atoms with Crippen molar-refractivity contribution in [1.82, 2.24) is 24.9 Å². The second-order valence-electron chi connectivity index (χ2n) is 4.56. The van der Waals surface area contributed by atoms with E-state index in [1.807, 2.05) is 40.9 Å². The zero-order chi connectivity index (χ0) is 13.9. The lowest BCUT2D eigenvalue weighted by atomic mass is 10.3. The third-order valence-corrected chi connectivity index (χ3v) is 3.57. The fourth-order valence-electron chi connectivity index (χ4n) is 2.02. The van der Waals surface area contributed by atoms with Crippen LogP contribution < -0.4 is 5.32 Å². The molecule has 0 fully saturated rings. The third kappa shape index (κ3) is 2.71. The summed E-state index contributed by atoms with van der Waals surface area (Å²) in [6.45, 7) is 2.76. The van der Waals surface area contributed by atoms with E-state index in [0.29, 0.717) is 6.54 Å². The van der Waals surface area contributed by atoms with Crippen LogP contribution in [0.2, 0.25) is 0 Å². The van der Waals surface area contributed by atoms with Gasteiger partial charge in [0.1, 0.15) is 0 Å². The Balaban J connectivity index is 1.73. The van der Waals surface area contributed by atoms with E-state index in [1.54, 1.807) is 6.20 Å². The van der Waals surface area contributed by atoms with Crippen molar-refractivity contribution in [3.8, 4) is 0 Å². The summed E-state index contributed by atoms with van der Waals surface area (Å²) in [5.41, 5.74) is 1.85. The Morgan fingerprint density at radius 3 is 2.95 bits per heavy atom. The van der Waals surface area contributed by atoms with Crippen molar-refractivity contribution in [1.29, 1.82) is 0 Å². The molecule has 0 aliphatic rings. The molecule has 0 saturated heterocycles. The fourth-order valence-corrected chi connectivity index (χ4v) is 2.25. The maximum atomic E-state index is 4.34. The van der Waals surface area contributed by atoms with Crippen LogP contribution in [-0.2, 0) is 6.54 Å². The van der Waals surface area contributed by atoms with Crippen molar-refractivity contribution < 1.29 is 0 Å². The van der Waals surface area contributed by atoms with Crippen molar-refractivity contribution in [3.63, 3.8) is 0 Å². The Bertz CT molecular complexity index is 707. The maximum absolute atomic E-state index is 4.34. The first-order valence-electron chi connectivity index (χ1n) is 6.37. The second-order valence-corrected chi connectivity index (χ2v) is 5.47. The van der Waals surface area contributed by atoms with E-state index < -0.39 is 0 Å². The van der Waals surface area contributed by atoms with Crippen LogP contribution in [-0.4, -0.2) is 19.6 Å². The lowest BCUT2D eigenvalue weighted by molar-refractivity contribution is 0.536. The zero-order valence-corrected chi connectivity index (χ0v) is 12.6. The molecular formula is C14H14BrN5. The Hall–Kier alpha value is -1.79. The quantitative estimate of drug-likeness (QED) is 0.798. The molecule has 0 aliphatic carbocycles. The van der Waals surface area contributed by atoms with Crippen LogP contribution in [0.25, 0.3) is 5.65 Å². The SMILES string of the molecule is CC(NCc1ccc(Br)cn1)c1nnc2ccccn12. The van der Waals surface area contributed by atoms with Gasteiger partial charge in [0.2, 0.25) is 0 Å². The van der Waals surface area contributed by atoms with Gasteiger partial charge in [0.05, 0.1) is 11.7 Å². The number of fused-ring (bicyclic) bond motifs is 1.